The Morgan fingerprint density at radius 3 is 2.60 bits per heavy atom. The number of nitrogen functional groups attached to an aromatic ring is 1. The summed E-state index contributed by atoms with van der Waals surface area (Å²) in [6.07, 6.45) is 2.42. The minimum absolute atomic E-state index is 0.0686. The first kappa shape index (κ1) is 12.0. The van der Waals surface area contributed by atoms with Gasteiger partial charge in [0.2, 0.25) is 5.03 Å². The quantitative estimate of drug-likeness (QED) is 0.799. The van der Waals surface area contributed by atoms with Crippen LogP contribution in [0.15, 0.2) is 11.2 Å². The molecule has 0 radical (unpaired) electrons. The minimum atomic E-state index is -3.53. The molecule has 0 aliphatic rings. The van der Waals surface area contributed by atoms with Gasteiger partial charge in [0.15, 0.2) is 0 Å². The van der Waals surface area contributed by atoms with Crippen molar-refractivity contribution < 1.29 is 8.42 Å². The monoisotopic (exact) mass is 232 g/mol. The van der Waals surface area contributed by atoms with E-state index in [1.54, 1.807) is 10.9 Å². The summed E-state index contributed by atoms with van der Waals surface area (Å²) in [4.78, 5) is 0. The van der Waals surface area contributed by atoms with Crippen LogP contribution in [0.2, 0.25) is 0 Å². The Bertz CT molecular complexity index is 435. The maximum Gasteiger partial charge on any atom is 0.263 e. The van der Waals surface area contributed by atoms with E-state index in [0.29, 0.717) is 6.54 Å². The number of anilines is 1. The molecule has 1 aromatic heterocycles. The molecule has 1 rings (SSSR count). The highest BCUT2D eigenvalue weighted by atomic mass is 32.2. The van der Waals surface area contributed by atoms with Gasteiger partial charge in [-0.1, -0.05) is 6.92 Å². The van der Waals surface area contributed by atoms with Crippen molar-refractivity contribution in [2.75, 3.05) is 19.8 Å². The molecule has 1 heterocycles. The van der Waals surface area contributed by atoms with Gasteiger partial charge in [0.05, 0.1) is 5.69 Å². The molecule has 0 aromatic carbocycles. The van der Waals surface area contributed by atoms with Crippen LogP contribution >= 0.6 is 0 Å². The highest BCUT2D eigenvalue weighted by Gasteiger charge is 2.24. The smallest absolute Gasteiger partial charge is 0.263 e. The second-order valence-electron chi connectivity index (χ2n) is 3.44. The van der Waals surface area contributed by atoms with Crippen LogP contribution in [0.4, 0.5) is 5.69 Å². The highest BCUT2D eigenvalue weighted by molar-refractivity contribution is 7.89. The van der Waals surface area contributed by atoms with Crippen molar-refractivity contribution in [2.24, 2.45) is 0 Å². The lowest BCUT2D eigenvalue weighted by Gasteiger charge is -2.08. The number of hydrogen-bond donors (Lipinski definition) is 1. The van der Waals surface area contributed by atoms with Crippen molar-refractivity contribution in [3.05, 3.63) is 6.20 Å². The first-order chi connectivity index (χ1) is 6.89. The lowest BCUT2D eigenvalue weighted by atomic mass is 10.5. The summed E-state index contributed by atoms with van der Waals surface area (Å²) in [6.45, 7) is 2.64. The molecule has 15 heavy (non-hydrogen) atoms. The van der Waals surface area contributed by atoms with Crippen LogP contribution < -0.4 is 5.73 Å². The van der Waals surface area contributed by atoms with E-state index in [9.17, 15) is 8.42 Å². The minimum Gasteiger partial charge on any atom is -0.395 e. The molecule has 0 fully saturated rings. The fraction of sp³-hybridized carbons (Fsp3) is 0.625. The molecular formula is C8H16N4O2S. The van der Waals surface area contributed by atoms with Gasteiger partial charge in [0.1, 0.15) is 0 Å². The summed E-state index contributed by atoms with van der Waals surface area (Å²) in [5.41, 5.74) is 5.80. The zero-order valence-corrected chi connectivity index (χ0v) is 9.95. The number of sulfonamides is 1. The summed E-state index contributed by atoms with van der Waals surface area (Å²) in [6, 6.07) is 0. The van der Waals surface area contributed by atoms with Gasteiger partial charge in [0.25, 0.3) is 10.0 Å². The van der Waals surface area contributed by atoms with Crippen molar-refractivity contribution >= 4 is 15.7 Å². The average Bonchev–Trinajstić information content (AvgIpc) is 2.47. The molecule has 0 saturated carbocycles. The van der Waals surface area contributed by atoms with Crippen molar-refractivity contribution in [3.63, 3.8) is 0 Å². The largest absolute Gasteiger partial charge is 0.395 e. The Hall–Kier alpha value is -1.08. The second-order valence-corrected chi connectivity index (χ2v) is 5.51. The number of aromatic nitrogens is 2. The van der Waals surface area contributed by atoms with Gasteiger partial charge in [-0.3, -0.25) is 4.68 Å². The Kier molecular flexibility index (Phi) is 3.35. The van der Waals surface area contributed by atoms with Gasteiger partial charge in [-0.15, -0.1) is 0 Å². The third-order valence-corrected chi connectivity index (χ3v) is 3.70. The summed E-state index contributed by atoms with van der Waals surface area (Å²) in [7, 11) is -0.625. The summed E-state index contributed by atoms with van der Waals surface area (Å²) in [5, 5.41) is 3.89. The van der Waals surface area contributed by atoms with Gasteiger partial charge in [-0.25, -0.2) is 12.7 Å². The Morgan fingerprint density at radius 1 is 1.53 bits per heavy atom. The van der Waals surface area contributed by atoms with Crippen LogP contribution in [-0.4, -0.2) is 36.6 Å². The molecule has 7 heteroatoms. The van der Waals surface area contributed by atoms with Crippen molar-refractivity contribution in [2.45, 2.75) is 24.9 Å². The van der Waals surface area contributed by atoms with Crippen molar-refractivity contribution in [3.8, 4) is 0 Å². The van der Waals surface area contributed by atoms with Gasteiger partial charge in [-0.05, 0) is 6.42 Å². The molecule has 2 N–H and O–H groups in total. The molecule has 0 unspecified atom stereocenters. The number of nitrogens with zero attached hydrogens (tertiary/aromatic N) is 3. The van der Waals surface area contributed by atoms with Crippen LogP contribution in [0.3, 0.4) is 0 Å². The number of aryl methyl sites for hydroxylation is 1. The molecule has 0 atom stereocenters. The van der Waals surface area contributed by atoms with E-state index in [1.165, 1.54) is 14.1 Å². The van der Waals surface area contributed by atoms with Crippen LogP contribution in [0, 0.1) is 0 Å². The Balaban J connectivity index is 3.16. The molecule has 0 bridgehead atoms. The Morgan fingerprint density at radius 2 is 2.13 bits per heavy atom. The summed E-state index contributed by atoms with van der Waals surface area (Å²) < 4.78 is 26.1. The molecule has 6 nitrogen and oxygen atoms in total. The number of nitrogens with two attached hydrogens (primary N) is 1. The number of rotatable bonds is 4. The topological polar surface area (TPSA) is 81.2 Å². The summed E-state index contributed by atoms with van der Waals surface area (Å²) >= 11 is 0. The van der Waals surface area contributed by atoms with E-state index in [1.807, 2.05) is 6.92 Å². The highest BCUT2D eigenvalue weighted by Crippen LogP contribution is 2.18. The van der Waals surface area contributed by atoms with Crippen LogP contribution in [-0.2, 0) is 16.6 Å². The molecule has 0 aliphatic carbocycles. The van der Waals surface area contributed by atoms with E-state index in [2.05, 4.69) is 5.10 Å². The standard InChI is InChI=1S/C8H16N4O2S/c1-4-5-12-6-7(9)8(10-12)15(13,14)11(2)3/h6H,4-5,9H2,1-3H3. The maximum atomic E-state index is 11.7. The fourth-order valence-corrected chi connectivity index (χ4v) is 2.04. The predicted octanol–water partition coefficient (Wildman–Crippen LogP) is 0.126. The third kappa shape index (κ3) is 2.29. The maximum absolute atomic E-state index is 11.7. The number of hydrogen-bond acceptors (Lipinski definition) is 4. The first-order valence-corrected chi connectivity index (χ1v) is 6.09. The van der Waals surface area contributed by atoms with Gasteiger partial charge < -0.3 is 5.73 Å². The normalized spacial score (nSPS) is 12.3. The van der Waals surface area contributed by atoms with E-state index in [4.69, 9.17) is 5.73 Å². The molecule has 1 aromatic rings. The van der Waals surface area contributed by atoms with Crippen molar-refractivity contribution in [1.29, 1.82) is 0 Å². The van der Waals surface area contributed by atoms with E-state index >= 15 is 0 Å². The van der Waals surface area contributed by atoms with Gasteiger partial charge in [-0.2, -0.15) is 5.10 Å². The lowest BCUT2D eigenvalue weighted by Crippen LogP contribution is -2.23. The van der Waals surface area contributed by atoms with Crippen LogP contribution in [0.5, 0.6) is 0 Å². The SMILES string of the molecule is CCCn1cc(N)c(S(=O)(=O)N(C)C)n1. The van der Waals surface area contributed by atoms with Gasteiger partial charge >= 0.3 is 0 Å². The van der Waals surface area contributed by atoms with Gasteiger partial charge in [0, 0.05) is 26.8 Å². The molecular weight excluding hydrogens is 216 g/mol. The molecule has 0 spiro atoms. The molecule has 86 valence electrons. The zero-order valence-electron chi connectivity index (χ0n) is 9.14. The Labute approximate surface area is 89.7 Å². The van der Waals surface area contributed by atoms with E-state index in [-0.39, 0.29) is 10.7 Å². The van der Waals surface area contributed by atoms with Crippen LogP contribution in [0.1, 0.15) is 13.3 Å². The molecule has 0 aliphatic heterocycles. The fourth-order valence-electron chi connectivity index (χ4n) is 1.14. The zero-order chi connectivity index (χ0) is 11.6. The lowest BCUT2D eigenvalue weighted by molar-refractivity contribution is 0.510. The van der Waals surface area contributed by atoms with Crippen molar-refractivity contribution in [1.82, 2.24) is 14.1 Å². The van der Waals surface area contributed by atoms with Crippen LogP contribution in [0.25, 0.3) is 0 Å². The molecule has 0 amide bonds. The van der Waals surface area contributed by atoms with E-state index in [0.717, 1.165) is 10.7 Å². The summed E-state index contributed by atoms with van der Waals surface area (Å²) in [5.74, 6) is 0. The first-order valence-electron chi connectivity index (χ1n) is 4.65. The molecule has 0 saturated heterocycles. The van der Waals surface area contributed by atoms with E-state index < -0.39 is 10.0 Å². The second kappa shape index (κ2) is 4.19. The average molecular weight is 232 g/mol. The predicted molar refractivity (Wildman–Crippen MR) is 57.8 cm³/mol. The third-order valence-electron chi connectivity index (χ3n) is 1.93.